The summed E-state index contributed by atoms with van der Waals surface area (Å²) in [5.41, 5.74) is 1.46. The molecule has 1 fully saturated rings. The molecule has 0 N–H and O–H groups in total. The maximum atomic E-state index is 12.7. The third kappa shape index (κ3) is 3.66. The van der Waals surface area contributed by atoms with E-state index in [0.29, 0.717) is 35.3 Å². The van der Waals surface area contributed by atoms with Crippen molar-refractivity contribution < 1.29 is 14.3 Å². The van der Waals surface area contributed by atoms with Crippen molar-refractivity contribution in [1.82, 2.24) is 4.90 Å². The van der Waals surface area contributed by atoms with Crippen molar-refractivity contribution in [2.75, 3.05) is 26.8 Å². The first-order chi connectivity index (χ1) is 11.6. The highest BCUT2D eigenvalue weighted by atomic mass is 35.5. The van der Waals surface area contributed by atoms with Crippen molar-refractivity contribution in [1.29, 1.82) is 0 Å². The van der Waals surface area contributed by atoms with Crippen LogP contribution in [0.15, 0.2) is 42.5 Å². The minimum Gasteiger partial charge on any atom is -0.497 e. The van der Waals surface area contributed by atoms with Gasteiger partial charge in [0.25, 0.3) is 5.91 Å². The van der Waals surface area contributed by atoms with Gasteiger partial charge in [-0.2, -0.15) is 0 Å². The Kier molecular flexibility index (Phi) is 5.29. The molecular weight excluding hydrogens is 349 g/mol. The second-order valence-electron chi connectivity index (χ2n) is 5.50. The van der Waals surface area contributed by atoms with Crippen LogP contribution >= 0.6 is 23.2 Å². The second-order valence-corrected chi connectivity index (χ2v) is 6.35. The summed E-state index contributed by atoms with van der Waals surface area (Å²) in [4.78, 5) is 14.5. The molecule has 2 aromatic carbocycles. The Bertz CT molecular complexity index is 734. The van der Waals surface area contributed by atoms with Gasteiger partial charge in [-0.1, -0.05) is 29.3 Å². The molecule has 6 heteroatoms. The highest BCUT2D eigenvalue weighted by Crippen LogP contribution is 2.31. The topological polar surface area (TPSA) is 38.8 Å². The fraction of sp³-hybridized carbons (Fsp3) is 0.278. The molecule has 1 unspecified atom stereocenters. The van der Waals surface area contributed by atoms with Crippen molar-refractivity contribution in [2.24, 2.45) is 0 Å². The van der Waals surface area contributed by atoms with Crippen LogP contribution in [-0.4, -0.2) is 37.6 Å². The molecule has 0 spiro atoms. The zero-order valence-electron chi connectivity index (χ0n) is 13.2. The Morgan fingerprint density at radius 1 is 1.21 bits per heavy atom. The molecule has 1 aliphatic rings. The number of hydrogen-bond acceptors (Lipinski definition) is 3. The van der Waals surface area contributed by atoms with Gasteiger partial charge in [0.05, 0.1) is 20.3 Å². The van der Waals surface area contributed by atoms with Crippen molar-refractivity contribution in [3.8, 4) is 5.75 Å². The molecule has 0 radical (unpaired) electrons. The first-order valence-corrected chi connectivity index (χ1v) is 8.34. The molecule has 0 bridgehead atoms. The number of halogens is 2. The number of morpholine rings is 1. The lowest BCUT2D eigenvalue weighted by Crippen LogP contribution is -2.42. The van der Waals surface area contributed by atoms with Crippen molar-refractivity contribution in [3.63, 3.8) is 0 Å². The van der Waals surface area contributed by atoms with Crippen molar-refractivity contribution in [2.45, 2.75) is 6.10 Å². The van der Waals surface area contributed by atoms with Gasteiger partial charge < -0.3 is 14.4 Å². The molecule has 24 heavy (non-hydrogen) atoms. The zero-order valence-corrected chi connectivity index (χ0v) is 14.7. The van der Waals surface area contributed by atoms with Crippen LogP contribution in [0.1, 0.15) is 22.0 Å². The monoisotopic (exact) mass is 365 g/mol. The third-order valence-electron chi connectivity index (χ3n) is 4.00. The molecule has 1 amide bonds. The van der Waals surface area contributed by atoms with E-state index in [0.717, 1.165) is 11.3 Å². The fourth-order valence-electron chi connectivity index (χ4n) is 2.70. The third-order valence-corrected chi connectivity index (χ3v) is 4.56. The Hall–Kier alpha value is -1.75. The number of rotatable bonds is 3. The van der Waals surface area contributed by atoms with Gasteiger partial charge >= 0.3 is 0 Å². The summed E-state index contributed by atoms with van der Waals surface area (Å²) in [6.45, 7) is 1.46. The van der Waals surface area contributed by atoms with E-state index in [2.05, 4.69) is 0 Å². The van der Waals surface area contributed by atoms with E-state index in [1.165, 1.54) is 0 Å². The summed E-state index contributed by atoms with van der Waals surface area (Å²) in [6, 6.07) is 12.4. The lowest BCUT2D eigenvalue weighted by molar-refractivity contribution is -0.0227. The van der Waals surface area contributed by atoms with E-state index in [1.807, 2.05) is 6.07 Å². The summed E-state index contributed by atoms with van der Waals surface area (Å²) in [6.07, 6.45) is -0.259. The highest BCUT2D eigenvalue weighted by molar-refractivity contribution is 6.35. The van der Waals surface area contributed by atoms with Gasteiger partial charge in [0.1, 0.15) is 11.9 Å². The van der Waals surface area contributed by atoms with Gasteiger partial charge in [-0.25, -0.2) is 0 Å². The molecule has 0 aromatic heterocycles. The molecule has 2 aromatic rings. The first-order valence-electron chi connectivity index (χ1n) is 7.58. The van der Waals surface area contributed by atoms with Crippen LogP contribution in [0.3, 0.4) is 0 Å². The lowest BCUT2D eigenvalue weighted by Gasteiger charge is -2.33. The van der Waals surface area contributed by atoms with Crippen LogP contribution in [0.2, 0.25) is 10.0 Å². The second kappa shape index (κ2) is 7.43. The minimum absolute atomic E-state index is 0.0314. The van der Waals surface area contributed by atoms with E-state index >= 15 is 0 Å². The average molecular weight is 366 g/mol. The van der Waals surface area contributed by atoms with E-state index in [1.54, 1.807) is 48.4 Å². The van der Waals surface area contributed by atoms with Gasteiger partial charge in [0, 0.05) is 27.7 Å². The zero-order chi connectivity index (χ0) is 17.1. The predicted octanol–water partition coefficient (Wildman–Crippen LogP) is 4.22. The van der Waals surface area contributed by atoms with Gasteiger partial charge in [-0.15, -0.1) is 0 Å². The number of benzene rings is 2. The number of hydrogen-bond donors (Lipinski definition) is 0. The molecule has 1 saturated heterocycles. The van der Waals surface area contributed by atoms with Crippen LogP contribution < -0.4 is 4.74 Å². The Morgan fingerprint density at radius 2 is 1.96 bits per heavy atom. The molecule has 0 aliphatic carbocycles. The maximum Gasteiger partial charge on any atom is 0.254 e. The predicted molar refractivity (Wildman–Crippen MR) is 94.1 cm³/mol. The Balaban J connectivity index is 1.75. The Morgan fingerprint density at radius 3 is 2.62 bits per heavy atom. The summed E-state index contributed by atoms with van der Waals surface area (Å²) in [5.74, 6) is 0.690. The summed E-state index contributed by atoms with van der Waals surface area (Å²) < 4.78 is 10.9. The van der Waals surface area contributed by atoms with E-state index in [4.69, 9.17) is 32.7 Å². The van der Waals surface area contributed by atoms with E-state index in [-0.39, 0.29) is 12.0 Å². The number of amides is 1. The number of ether oxygens (including phenoxy) is 2. The number of methoxy groups -OCH3 is 1. The van der Waals surface area contributed by atoms with Gasteiger partial charge in [0.15, 0.2) is 0 Å². The summed E-state index contributed by atoms with van der Waals surface area (Å²) in [5, 5.41) is 1.12. The molecule has 1 atom stereocenters. The molecule has 1 heterocycles. The molecule has 3 rings (SSSR count). The van der Waals surface area contributed by atoms with Gasteiger partial charge in [-0.05, 0) is 36.4 Å². The van der Waals surface area contributed by atoms with E-state index in [9.17, 15) is 4.79 Å². The van der Waals surface area contributed by atoms with Gasteiger partial charge in [0.2, 0.25) is 0 Å². The average Bonchev–Trinajstić information content (AvgIpc) is 2.61. The van der Waals surface area contributed by atoms with E-state index < -0.39 is 0 Å². The molecule has 126 valence electrons. The lowest BCUT2D eigenvalue weighted by atomic mass is 10.1. The van der Waals surface area contributed by atoms with Crippen LogP contribution in [0.5, 0.6) is 5.75 Å². The molecular formula is C18H17Cl2NO3. The minimum atomic E-state index is -0.259. The molecule has 0 saturated carbocycles. The number of carbonyl (C=O) groups excluding carboxylic acids is 1. The molecule has 1 aliphatic heterocycles. The maximum absolute atomic E-state index is 12.7. The first kappa shape index (κ1) is 17.1. The quantitative estimate of drug-likeness (QED) is 0.817. The number of nitrogens with zero attached hydrogens (tertiary/aromatic N) is 1. The smallest absolute Gasteiger partial charge is 0.254 e. The SMILES string of the molecule is COc1ccc(C(=O)N2CCOC(c3ccc(Cl)cc3Cl)C2)cc1. The van der Waals surface area contributed by atoms with Crippen molar-refractivity contribution in [3.05, 3.63) is 63.6 Å². The van der Waals surface area contributed by atoms with Crippen LogP contribution in [0.4, 0.5) is 0 Å². The molecule has 4 nitrogen and oxygen atoms in total. The summed E-state index contributed by atoms with van der Waals surface area (Å²) in [7, 11) is 1.60. The summed E-state index contributed by atoms with van der Waals surface area (Å²) >= 11 is 12.2. The van der Waals surface area contributed by atoms with Gasteiger partial charge in [-0.3, -0.25) is 4.79 Å². The fourth-order valence-corrected chi connectivity index (χ4v) is 3.23. The van der Waals surface area contributed by atoms with Crippen LogP contribution in [0.25, 0.3) is 0 Å². The number of carbonyl (C=O) groups is 1. The normalized spacial score (nSPS) is 17.6. The highest BCUT2D eigenvalue weighted by Gasteiger charge is 2.27. The van der Waals surface area contributed by atoms with Crippen LogP contribution in [-0.2, 0) is 4.74 Å². The van der Waals surface area contributed by atoms with Crippen LogP contribution in [0, 0.1) is 0 Å². The Labute approximate surface area is 150 Å². The standard InChI is InChI=1S/C18H17Cl2NO3/c1-23-14-5-2-12(3-6-14)18(22)21-8-9-24-17(11-21)15-7-4-13(19)10-16(15)20/h2-7,10,17H,8-9,11H2,1H3. The largest absolute Gasteiger partial charge is 0.497 e. The van der Waals surface area contributed by atoms with Crippen molar-refractivity contribution >= 4 is 29.1 Å².